The zero-order valence-corrected chi connectivity index (χ0v) is 15.6. The number of benzene rings is 3. The number of ketones is 1. The Labute approximate surface area is 166 Å². The summed E-state index contributed by atoms with van der Waals surface area (Å²) in [4.78, 5) is 12.6. The molecule has 0 saturated carbocycles. The summed E-state index contributed by atoms with van der Waals surface area (Å²) in [7, 11) is 0. The summed E-state index contributed by atoms with van der Waals surface area (Å²) in [6.07, 6.45) is 1.60. The van der Waals surface area contributed by atoms with E-state index < -0.39 is 0 Å². The second kappa shape index (κ2) is 7.47. The van der Waals surface area contributed by atoms with Crippen LogP contribution in [0, 0.1) is 0 Å². The second-order valence-electron chi connectivity index (χ2n) is 6.02. The van der Waals surface area contributed by atoms with Gasteiger partial charge in [-0.3, -0.25) is 4.79 Å². The Balaban J connectivity index is 1.55. The third-order valence-electron chi connectivity index (χ3n) is 4.16. The normalized spacial score (nSPS) is 14.1. The van der Waals surface area contributed by atoms with E-state index in [1.165, 1.54) is 0 Å². The van der Waals surface area contributed by atoms with E-state index in [4.69, 9.17) is 32.7 Å². The van der Waals surface area contributed by atoms with E-state index in [0.29, 0.717) is 39.3 Å². The summed E-state index contributed by atoms with van der Waals surface area (Å²) in [6, 6.07) is 20.3. The fourth-order valence-corrected chi connectivity index (χ4v) is 3.13. The maximum Gasteiger partial charge on any atom is 0.231 e. The lowest BCUT2D eigenvalue weighted by molar-refractivity contribution is 0.101. The fraction of sp³-hybridized carbons (Fsp3) is 0.0455. The summed E-state index contributed by atoms with van der Waals surface area (Å²) in [5.41, 5.74) is 2.18. The van der Waals surface area contributed by atoms with Gasteiger partial charge in [-0.25, -0.2) is 0 Å². The zero-order chi connectivity index (χ0) is 18.8. The SMILES string of the molecule is O=C1/C(=C/c2cccc(Cl)c2Cl)Oc2cc(OCc3ccccc3)ccc21. The molecule has 0 spiro atoms. The first kappa shape index (κ1) is 17.7. The molecule has 0 unspecified atom stereocenters. The lowest BCUT2D eigenvalue weighted by Crippen LogP contribution is -1.98. The highest BCUT2D eigenvalue weighted by Gasteiger charge is 2.28. The summed E-state index contributed by atoms with van der Waals surface area (Å²) < 4.78 is 11.5. The maximum atomic E-state index is 12.6. The minimum Gasteiger partial charge on any atom is -0.489 e. The van der Waals surface area contributed by atoms with Crippen LogP contribution in [0.2, 0.25) is 10.0 Å². The first-order valence-corrected chi connectivity index (χ1v) is 9.06. The van der Waals surface area contributed by atoms with E-state index in [1.807, 2.05) is 30.3 Å². The molecule has 0 aromatic heterocycles. The van der Waals surface area contributed by atoms with E-state index in [0.717, 1.165) is 5.56 Å². The zero-order valence-electron chi connectivity index (χ0n) is 14.1. The van der Waals surface area contributed by atoms with Gasteiger partial charge in [0.05, 0.1) is 15.6 Å². The molecule has 0 N–H and O–H groups in total. The van der Waals surface area contributed by atoms with E-state index >= 15 is 0 Å². The van der Waals surface area contributed by atoms with Crippen molar-refractivity contribution in [2.24, 2.45) is 0 Å². The Morgan fingerprint density at radius 2 is 1.78 bits per heavy atom. The Kier molecular flexibility index (Phi) is 4.88. The van der Waals surface area contributed by atoms with Crippen molar-refractivity contribution in [2.45, 2.75) is 6.61 Å². The molecule has 3 aromatic rings. The van der Waals surface area contributed by atoms with Crippen molar-refractivity contribution in [3.63, 3.8) is 0 Å². The van der Waals surface area contributed by atoms with Crippen LogP contribution in [0.25, 0.3) is 6.08 Å². The van der Waals surface area contributed by atoms with Crippen LogP contribution in [-0.2, 0) is 6.61 Å². The molecular formula is C22H14Cl2O3. The summed E-state index contributed by atoms with van der Waals surface area (Å²) in [5.74, 6) is 1.10. The number of allylic oxidation sites excluding steroid dienone is 1. The van der Waals surface area contributed by atoms with E-state index in [2.05, 4.69) is 0 Å². The van der Waals surface area contributed by atoms with Gasteiger partial charge in [-0.05, 0) is 35.4 Å². The average molecular weight is 397 g/mol. The molecule has 0 saturated heterocycles. The van der Waals surface area contributed by atoms with Gasteiger partial charge in [0.15, 0.2) is 5.76 Å². The van der Waals surface area contributed by atoms with Gasteiger partial charge in [-0.2, -0.15) is 0 Å². The molecule has 0 aliphatic carbocycles. The summed E-state index contributed by atoms with van der Waals surface area (Å²) in [6.45, 7) is 0.439. The molecule has 1 aliphatic heterocycles. The van der Waals surface area contributed by atoms with E-state index in [9.17, 15) is 4.79 Å². The number of fused-ring (bicyclic) bond motifs is 1. The third kappa shape index (κ3) is 3.70. The van der Waals surface area contributed by atoms with Crippen molar-refractivity contribution in [1.29, 1.82) is 0 Å². The highest BCUT2D eigenvalue weighted by atomic mass is 35.5. The van der Waals surface area contributed by atoms with Gasteiger partial charge in [0.25, 0.3) is 0 Å². The van der Waals surface area contributed by atoms with E-state index in [-0.39, 0.29) is 11.5 Å². The summed E-state index contributed by atoms with van der Waals surface area (Å²) >= 11 is 12.2. The topological polar surface area (TPSA) is 35.5 Å². The number of hydrogen-bond acceptors (Lipinski definition) is 3. The third-order valence-corrected chi connectivity index (χ3v) is 4.99. The van der Waals surface area contributed by atoms with Crippen molar-refractivity contribution < 1.29 is 14.3 Å². The van der Waals surface area contributed by atoms with Gasteiger partial charge in [-0.15, -0.1) is 0 Å². The van der Waals surface area contributed by atoms with Crippen molar-refractivity contribution in [2.75, 3.05) is 0 Å². The molecule has 3 nitrogen and oxygen atoms in total. The Hall–Kier alpha value is -2.75. The molecule has 1 aliphatic rings. The van der Waals surface area contributed by atoms with Crippen LogP contribution >= 0.6 is 23.2 Å². The van der Waals surface area contributed by atoms with Crippen LogP contribution in [0.1, 0.15) is 21.5 Å². The van der Waals surface area contributed by atoms with Crippen molar-refractivity contribution in [1.82, 2.24) is 0 Å². The number of carbonyl (C=O) groups is 1. The van der Waals surface area contributed by atoms with Gasteiger partial charge < -0.3 is 9.47 Å². The quantitative estimate of drug-likeness (QED) is 0.493. The molecule has 27 heavy (non-hydrogen) atoms. The van der Waals surface area contributed by atoms with E-state index in [1.54, 1.807) is 42.5 Å². The molecule has 1 heterocycles. The predicted octanol–water partition coefficient (Wildman–Crippen LogP) is 6.19. The standard InChI is InChI=1S/C22H14Cl2O3/c23-18-8-4-7-15(21(18)24)11-20-22(25)17-10-9-16(12-19(17)27-20)26-13-14-5-2-1-3-6-14/h1-12H,13H2/b20-11-. The molecule has 5 heteroatoms. The molecule has 0 amide bonds. The lowest BCUT2D eigenvalue weighted by Gasteiger charge is -2.07. The molecule has 3 aromatic carbocycles. The molecular weight excluding hydrogens is 383 g/mol. The lowest BCUT2D eigenvalue weighted by atomic mass is 10.1. The number of hydrogen-bond donors (Lipinski definition) is 0. The molecule has 0 radical (unpaired) electrons. The number of halogens is 2. The number of ether oxygens (including phenoxy) is 2. The molecule has 0 fully saturated rings. The van der Waals surface area contributed by atoms with Crippen molar-refractivity contribution in [3.05, 3.63) is 99.2 Å². The smallest absolute Gasteiger partial charge is 0.231 e. The Bertz CT molecular complexity index is 1040. The maximum absolute atomic E-state index is 12.6. The van der Waals surface area contributed by atoms with Crippen LogP contribution in [0.4, 0.5) is 0 Å². The highest BCUT2D eigenvalue weighted by molar-refractivity contribution is 6.43. The van der Waals surface area contributed by atoms with Gasteiger partial charge in [-0.1, -0.05) is 65.7 Å². The van der Waals surface area contributed by atoms with Gasteiger partial charge in [0.2, 0.25) is 5.78 Å². The van der Waals surface area contributed by atoms with Crippen molar-refractivity contribution >= 4 is 35.1 Å². The van der Waals surface area contributed by atoms with Gasteiger partial charge in [0, 0.05) is 6.07 Å². The second-order valence-corrected chi connectivity index (χ2v) is 6.80. The summed E-state index contributed by atoms with van der Waals surface area (Å²) in [5, 5.41) is 0.802. The van der Waals surface area contributed by atoms with Gasteiger partial charge in [0.1, 0.15) is 18.1 Å². The average Bonchev–Trinajstić information content (AvgIpc) is 2.99. The predicted molar refractivity (Wildman–Crippen MR) is 107 cm³/mol. The molecule has 0 atom stereocenters. The van der Waals surface area contributed by atoms with Crippen LogP contribution in [0.15, 0.2) is 72.5 Å². The number of rotatable bonds is 4. The van der Waals surface area contributed by atoms with Gasteiger partial charge >= 0.3 is 0 Å². The molecule has 4 rings (SSSR count). The van der Waals surface area contributed by atoms with Crippen molar-refractivity contribution in [3.8, 4) is 11.5 Å². The minimum atomic E-state index is -0.198. The van der Waals surface area contributed by atoms with Crippen LogP contribution in [-0.4, -0.2) is 5.78 Å². The monoisotopic (exact) mass is 396 g/mol. The van der Waals surface area contributed by atoms with Crippen LogP contribution < -0.4 is 9.47 Å². The number of Topliss-reactive ketones (excluding diaryl/α,β-unsaturated/α-hetero) is 1. The minimum absolute atomic E-state index is 0.198. The van der Waals surface area contributed by atoms with Crippen LogP contribution in [0.3, 0.4) is 0 Å². The fourth-order valence-electron chi connectivity index (χ4n) is 2.77. The highest BCUT2D eigenvalue weighted by Crippen LogP contribution is 2.36. The Morgan fingerprint density at radius 3 is 2.59 bits per heavy atom. The first-order valence-electron chi connectivity index (χ1n) is 8.31. The number of carbonyl (C=O) groups excluding carboxylic acids is 1. The first-order chi connectivity index (χ1) is 13.1. The molecule has 134 valence electrons. The molecule has 0 bridgehead atoms. The Morgan fingerprint density at radius 1 is 0.963 bits per heavy atom. The largest absolute Gasteiger partial charge is 0.489 e. The van der Waals surface area contributed by atoms with Crippen LogP contribution in [0.5, 0.6) is 11.5 Å².